The van der Waals surface area contributed by atoms with E-state index in [2.05, 4.69) is 41.6 Å². The van der Waals surface area contributed by atoms with Gasteiger partial charge in [-0.25, -0.2) is 4.99 Å². The van der Waals surface area contributed by atoms with Crippen molar-refractivity contribution in [3.63, 3.8) is 0 Å². The first-order chi connectivity index (χ1) is 15.0. The average Bonchev–Trinajstić information content (AvgIpc) is 2.78. The first kappa shape index (κ1) is 25.1. The molecule has 0 spiro atoms. The second-order valence-corrected chi connectivity index (χ2v) is 8.46. The highest BCUT2D eigenvalue weighted by Crippen LogP contribution is 2.13. The van der Waals surface area contributed by atoms with Gasteiger partial charge in [-0.3, -0.25) is 9.69 Å². The number of ether oxygens (including phenoxy) is 1. The van der Waals surface area contributed by atoms with Crippen LogP contribution in [0.4, 0.5) is 0 Å². The fourth-order valence-electron chi connectivity index (χ4n) is 3.73. The maximum Gasteiger partial charge on any atom is 0.251 e. The summed E-state index contributed by atoms with van der Waals surface area (Å²) < 4.78 is 5.53. The van der Waals surface area contributed by atoms with Crippen LogP contribution >= 0.6 is 0 Å². The number of guanidine groups is 1. The number of hydrogen-bond acceptors (Lipinski definition) is 4. The van der Waals surface area contributed by atoms with Crippen LogP contribution in [0.15, 0.2) is 29.3 Å². The second kappa shape index (κ2) is 14.0. The number of benzene rings is 1. The normalized spacial score (nSPS) is 16.2. The molecule has 1 fully saturated rings. The molecule has 0 radical (unpaired) electrons. The number of aliphatic imine (C=N–C) groups is 1. The molecule has 174 valence electrons. The number of carbonyl (C=O) groups is 1. The monoisotopic (exact) mass is 431 g/mol. The van der Waals surface area contributed by atoms with Crippen LogP contribution in [0.1, 0.15) is 56.5 Å². The zero-order valence-electron chi connectivity index (χ0n) is 19.7. The van der Waals surface area contributed by atoms with E-state index in [1.165, 1.54) is 0 Å². The van der Waals surface area contributed by atoms with E-state index in [4.69, 9.17) is 9.73 Å². The summed E-state index contributed by atoms with van der Waals surface area (Å²) in [5, 5.41) is 9.81. The van der Waals surface area contributed by atoms with Crippen LogP contribution in [0.25, 0.3) is 0 Å². The number of nitrogens with zero attached hydrogens (tertiary/aromatic N) is 2. The summed E-state index contributed by atoms with van der Waals surface area (Å²) in [5.74, 6) is 1.42. The molecule has 0 saturated carbocycles. The molecule has 1 aromatic carbocycles. The van der Waals surface area contributed by atoms with Crippen molar-refractivity contribution < 1.29 is 9.53 Å². The summed E-state index contributed by atoms with van der Waals surface area (Å²) in [6.07, 6.45) is 2.07. The number of carbonyl (C=O) groups excluding carboxylic acids is 1. The van der Waals surface area contributed by atoms with Crippen LogP contribution < -0.4 is 16.0 Å². The molecular weight excluding hydrogens is 390 g/mol. The molecule has 1 saturated heterocycles. The van der Waals surface area contributed by atoms with Crippen LogP contribution in [-0.2, 0) is 11.3 Å². The molecular formula is C24H41N5O2. The lowest BCUT2D eigenvalue weighted by Crippen LogP contribution is -2.51. The molecule has 7 nitrogen and oxygen atoms in total. The number of morpholine rings is 1. The predicted molar refractivity (Wildman–Crippen MR) is 128 cm³/mol. The third-order valence-electron chi connectivity index (χ3n) is 5.30. The molecule has 1 aliphatic rings. The summed E-state index contributed by atoms with van der Waals surface area (Å²) >= 11 is 0. The van der Waals surface area contributed by atoms with Gasteiger partial charge in [0, 0.05) is 44.3 Å². The minimum absolute atomic E-state index is 0.0280. The summed E-state index contributed by atoms with van der Waals surface area (Å²) in [7, 11) is 0. The van der Waals surface area contributed by atoms with E-state index >= 15 is 0 Å². The van der Waals surface area contributed by atoms with Gasteiger partial charge in [-0.05, 0) is 43.4 Å². The van der Waals surface area contributed by atoms with Gasteiger partial charge in [-0.2, -0.15) is 0 Å². The summed E-state index contributed by atoms with van der Waals surface area (Å²) in [6.45, 7) is 15.1. The van der Waals surface area contributed by atoms with Crippen LogP contribution in [0.5, 0.6) is 0 Å². The first-order valence-electron chi connectivity index (χ1n) is 11.7. The van der Waals surface area contributed by atoms with Crippen molar-refractivity contribution in [1.29, 1.82) is 0 Å². The Morgan fingerprint density at radius 2 is 1.94 bits per heavy atom. The highest BCUT2D eigenvalue weighted by atomic mass is 16.5. The molecule has 0 aliphatic carbocycles. The van der Waals surface area contributed by atoms with Gasteiger partial charge in [-0.1, -0.05) is 32.9 Å². The highest BCUT2D eigenvalue weighted by Gasteiger charge is 2.22. The average molecular weight is 432 g/mol. The second-order valence-electron chi connectivity index (χ2n) is 8.46. The maximum absolute atomic E-state index is 12.2. The SMILES string of the molecule is CCCNC(=O)c1cccc(CN=C(NCC)NCC(CC(C)C)N2CCOCC2)c1. The Bertz CT molecular complexity index is 686. The fraction of sp³-hybridized carbons (Fsp3) is 0.667. The maximum atomic E-state index is 12.2. The zero-order valence-corrected chi connectivity index (χ0v) is 19.7. The Kier molecular flexibility index (Phi) is 11.4. The Morgan fingerprint density at radius 1 is 1.16 bits per heavy atom. The van der Waals surface area contributed by atoms with Gasteiger partial charge in [0.15, 0.2) is 5.96 Å². The molecule has 7 heteroatoms. The van der Waals surface area contributed by atoms with Crippen molar-refractivity contribution in [3.05, 3.63) is 35.4 Å². The summed E-state index contributed by atoms with van der Waals surface area (Å²) in [5.41, 5.74) is 1.71. The van der Waals surface area contributed by atoms with Gasteiger partial charge in [0.1, 0.15) is 0 Å². The van der Waals surface area contributed by atoms with Crippen molar-refractivity contribution in [3.8, 4) is 0 Å². The third kappa shape index (κ3) is 9.27. The van der Waals surface area contributed by atoms with Crippen LogP contribution in [0.2, 0.25) is 0 Å². The summed E-state index contributed by atoms with van der Waals surface area (Å²) in [4.78, 5) is 19.5. The van der Waals surface area contributed by atoms with Gasteiger partial charge < -0.3 is 20.7 Å². The molecule has 1 aliphatic heterocycles. The number of amides is 1. The molecule has 1 atom stereocenters. The van der Waals surface area contributed by atoms with Crippen molar-refractivity contribution >= 4 is 11.9 Å². The quantitative estimate of drug-likeness (QED) is 0.371. The number of hydrogen-bond donors (Lipinski definition) is 3. The molecule has 3 N–H and O–H groups in total. The largest absolute Gasteiger partial charge is 0.379 e. The molecule has 31 heavy (non-hydrogen) atoms. The molecule has 1 amide bonds. The topological polar surface area (TPSA) is 78.0 Å². The molecule has 1 aromatic rings. The van der Waals surface area contributed by atoms with Crippen LogP contribution in [-0.4, -0.2) is 68.7 Å². The van der Waals surface area contributed by atoms with Gasteiger partial charge in [-0.15, -0.1) is 0 Å². The lowest BCUT2D eigenvalue weighted by Gasteiger charge is -2.35. The van der Waals surface area contributed by atoms with Crippen molar-refractivity contribution in [2.45, 2.75) is 53.1 Å². The fourth-order valence-corrected chi connectivity index (χ4v) is 3.73. The minimum Gasteiger partial charge on any atom is -0.379 e. The van der Waals surface area contributed by atoms with Crippen molar-refractivity contribution in [1.82, 2.24) is 20.9 Å². The summed E-state index contributed by atoms with van der Waals surface area (Å²) in [6, 6.07) is 8.16. The Hall–Kier alpha value is -2.12. The van der Waals surface area contributed by atoms with Crippen LogP contribution in [0.3, 0.4) is 0 Å². The molecule has 0 aromatic heterocycles. The third-order valence-corrected chi connectivity index (χ3v) is 5.30. The first-order valence-corrected chi connectivity index (χ1v) is 11.7. The predicted octanol–water partition coefficient (Wildman–Crippen LogP) is 2.63. The molecule has 2 rings (SSSR count). The van der Waals surface area contributed by atoms with E-state index in [1.54, 1.807) is 0 Å². The molecule has 1 unspecified atom stereocenters. The van der Waals surface area contributed by atoms with Gasteiger partial charge >= 0.3 is 0 Å². The minimum atomic E-state index is -0.0280. The lowest BCUT2D eigenvalue weighted by molar-refractivity contribution is 0.0132. The van der Waals surface area contributed by atoms with Gasteiger partial charge in [0.05, 0.1) is 19.8 Å². The highest BCUT2D eigenvalue weighted by molar-refractivity contribution is 5.94. The Balaban J connectivity index is 1.99. The van der Waals surface area contributed by atoms with E-state index in [1.807, 2.05) is 31.2 Å². The van der Waals surface area contributed by atoms with E-state index < -0.39 is 0 Å². The van der Waals surface area contributed by atoms with E-state index in [0.717, 1.165) is 63.8 Å². The smallest absolute Gasteiger partial charge is 0.251 e. The number of nitrogens with one attached hydrogen (secondary N) is 3. The van der Waals surface area contributed by atoms with E-state index in [0.29, 0.717) is 30.6 Å². The molecule has 1 heterocycles. The van der Waals surface area contributed by atoms with Crippen LogP contribution in [0, 0.1) is 5.92 Å². The number of rotatable bonds is 11. The van der Waals surface area contributed by atoms with E-state index in [-0.39, 0.29) is 5.91 Å². The standard InChI is InChI=1S/C24H41N5O2/c1-5-10-26-23(30)21-9-7-8-20(16-21)17-27-24(25-6-2)28-18-22(15-19(3)4)29-11-13-31-14-12-29/h7-9,16,19,22H,5-6,10-15,17-18H2,1-4H3,(H,26,30)(H2,25,27,28). The van der Waals surface area contributed by atoms with Crippen molar-refractivity contribution in [2.75, 3.05) is 45.9 Å². The van der Waals surface area contributed by atoms with Gasteiger partial charge in [0.2, 0.25) is 0 Å². The lowest BCUT2D eigenvalue weighted by atomic mass is 10.0. The van der Waals surface area contributed by atoms with Crippen molar-refractivity contribution in [2.24, 2.45) is 10.9 Å². The molecule has 0 bridgehead atoms. The van der Waals surface area contributed by atoms with E-state index in [9.17, 15) is 4.79 Å². The Morgan fingerprint density at radius 3 is 2.61 bits per heavy atom. The zero-order chi connectivity index (χ0) is 22.5. The van der Waals surface area contributed by atoms with Gasteiger partial charge in [0.25, 0.3) is 5.91 Å². The Labute approximate surface area is 188 Å².